The number of aromatic nitrogens is 3. The summed E-state index contributed by atoms with van der Waals surface area (Å²) < 4.78 is 2.00. The Bertz CT molecular complexity index is 706. The molecule has 0 radical (unpaired) electrons. The fourth-order valence-electron chi connectivity index (χ4n) is 2.97. The van der Waals surface area contributed by atoms with E-state index in [2.05, 4.69) is 20.2 Å². The first-order valence-corrected chi connectivity index (χ1v) is 7.65. The van der Waals surface area contributed by atoms with E-state index >= 15 is 0 Å². The van der Waals surface area contributed by atoms with Gasteiger partial charge in [0.15, 0.2) is 0 Å². The molecule has 0 saturated carbocycles. The second kappa shape index (κ2) is 6.23. The van der Waals surface area contributed by atoms with Crippen molar-refractivity contribution in [1.29, 1.82) is 0 Å². The zero-order chi connectivity index (χ0) is 16.4. The minimum absolute atomic E-state index is 0.0685. The summed E-state index contributed by atoms with van der Waals surface area (Å²) in [5, 5.41) is 14.5. The first-order chi connectivity index (χ1) is 11.1. The third-order valence-corrected chi connectivity index (χ3v) is 4.22. The average molecular weight is 316 g/mol. The molecule has 3 rings (SSSR count). The lowest BCUT2D eigenvalue weighted by Crippen LogP contribution is -2.40. The molecule has 0 spiro atoms. The smallest absolute Gasteiger partial charge is 0.314 e. The summed E-state index contributed by atoms with van der Waals surface area (Å²) in [6.07, 6.45) is 7.10. The summed E-state index contributed by atoms with van der Waals surface area (Å²) in [6, 6.07) is 1.84. The minimum atomic E-state index is -0.367. The zero-order valence-corrected chi connectivity index (χ0v) is 13.3. The lowest BCUT2D eigenvalue weighted by Gasteiger charge is -2.33. The number of anilines is 2. The Morgan fingerprint density at radius 2 is 2.04 bits per heavy atom. The number of hydrogen-bond donors (Lipinski definition) is 1. The van der Waals surface area contributed by atoms with Crippen LogP contribution in [0.15, 0.2) is 24.7 Å². The molecule has 3 heterocycles. The molecule has 23 heavy (non-hydrogen) atoms. The average Bonchev–Trinajstić information content (AvgIpc) is 2.94. The van der Waals surface area contributed by atoms with Crippen LogP contribution in [0, 0.1) is 17.0 Å². The van der Waals surface area contributed by atoms with Gasteiger partial charge in [0.25, 0.3) is 0 Å². The highest BCUT2D eigenvalue weighted by Gasteiger charge is 2.25. The van der Waals surface area contributed by atoms with Crippen LogP contribution in [0.5, 0.6) is 0 Å². The van der Waals surface area contributed by atoms with Crippen LogP contribution >= 0.6 is 0 Å². The molecule has 1 N–H and O–H groups in total. The maximum Gasteiger partial charge on any atom is 0.314 e. The topological polar surface area (TPSA) is 89.1 Å². The Balaban J connectivity index is 1.67. The van der Waals surface area contributed by atoms with Gasteiger partial charge in [-0.05, 0) is 25.8 Å². The second-order valence-electron chi connectivity index (χ2n) is 5.83. The van der Waals surface area contributed by atoms with Gasteiger partial charge in [-0.2, -0.15) is 0 Å². The Kier molecular flexibility index (Phi) is 4.14. The van der Waals surface area contributed by atoms with E-state index in [1.54, 1.807) is 25.4 Å². The van der Waals surface area contributed by atoms with Crippen molar-refractivity contribution in [2.75, 3.05) is 23.3 Å². The van der Waals surface area contributed by atoms with Crippen molar-refractivity contribution in [2.24, 2.45) is 7.05 Å². The Hall–Kier alpha value is -2.64. The lowest BCUT2D eigenvalue weighted by atomic mass is 10.1. The van der Waals surface area contributed by atoms with Crippen LogP contribution in [0.2, 0.25) is 0 Å². The highest BCUT2D eigenvalue weighted by atomic mass is 16.6. The quantitative estimate of drug-likeness (QED) is 0.686. The summed E-state index contributed by atoms with van der Waals surface area (Å²) in [7, 11) is 1.98. The molecular formula is C15H20N6O2. The van der Waals surface area contributed by atoms with Crippen LogP contribution in [-0.4, -0.2) is 38.6 Å². The molecule has 8 nitrogen and oxygen atoms in total. The van der Waals surface area contributed by atoms with Crippen molar-refractivity contribution >= 4 is 17.5 Å². The van der Waals surface area contributed by atoms with E-state index in [9.17, 15) is 10.1 Å². The SMILES string of the molecule is Cc1ccnc(NC2CCN(c3nccn3C)CC2)c1[N+](=O)[O-]. The second-order valence-corrected chi connectivity index (χ2v) is 5.83. The zero-order valence-electron chi connectivity index (χ0n) is 13.3. The van der Waals surface area contributed by atoms with Crippen molar-refractivity contribution in [3.63, 3.8) is 0 Å². The Labute approximate surface area is 134 Å². The highest BCUT2D eigenvalue weighted by Crippen LogP contribution is 2.28. The van der Waals surface area contributed by atoms with Gasteiger partial charge in [0.05, 0.1) is 4.92 Å². The van der Waals surface area contributed by atoms with Crippen LogP contribution < -0.4 is 10.2 Å². The maximum absolute atomic E-state index is 11.2. The molecule has 1 saturated heterocycles. The standard InChI is InChI=1S/C15H20N6O2/c1-11-3-6-16-14(13(11)21(22)23)18-12-4-8-20(9-5-12)15-17-7-10-19(15)2/h3,6-7,10,12H,4-5,8-9H2,1-2H3,(H,16,18). The largest absolute Gasteiger partial charge is 0.361 e. The van der Waals surface area contributed by atoms with Gasteiger partial charge in [-0.3, -0.25) is 10.1 Å². The lowest BCUT2D eigenvalue weighted by molar-refractivity contribution is -0.384. The van der Waals surface area contributed by atoms with Gasteiger partial charge in [0.1, 0.15) is 0 Å². The number of nitro groups is 1. The molecular weight excluding hydrogens is 296 g/mol. The van der Waals surface area contributed by atoms with E-state index in [1.807, 2.05) is 17.8 Å². The normalized spacial score (nSPS) is 15.7. The van der Waals surface area contributed by atoms with E-state index < -0.39 is 0 Å². The van der Waals surface area contributed by atoms with Crippen LogP contribution in [0.1, 0.15) is 18.4 Å². The summed E-state index contributed by atoms with van der Waals surface area (Å²) in [4.78, 5) is 21.6. The molecule has 2 aromatic rings. The molecule has 0 aromatic carbocycles. The summed E-state index contributed by atoms with van der Waals surface area (Å²) >= 11 is 0. The number of nitrogens with one attached hydrogen (secondary N) is 1. The van der Waals surface area contributed by atoms with Gasteiger partial charge in [-0.25, -0.2) is 9.97 Å². The van der Waals surface area contributed by atoms with E-state index in [1.165, 1.54) is 0 Å². The summed E-state index contributed by atoms with van der Waals surface area (Å²) in [5.41, 5.74) is 0.692. The van der Waals surface area contributed by atoms with Gasteiger partial charge in [0, 0.05) is 50.3 Å². The van der Waals surface area contributed by atoms with Crippen molar-refractivity contribution in [2.45, 2.75) is 25.8 Å². The van der Waals surface area contributed by atoms with Gasteiger partial charge in [0.2, 0.25) is 11.8 Å². The van der Waals surface area contributed by atoms with Crippen LogP contribution in [0.3, 0.4) is 0 Å². The number of aryl methyl sites for hydroxylation is 2. The van der Waals surface area contributed by atoms with Crippen LogP contribution in [0.4, 0.5) is 17.5 Å². The van der Waals surface area contributed by atoms with E-state index in [0.29, 0.717) is 11.4 Å². The highest BCUT2D eigenvalue weighted by molar-refractivity contribution is 5.60. The minimum Gasteiger partial charge on any atom is -0.361 e. The third-order valence-electron chi connectivity index (χ3n) is 4.22. The molecule has 122 valence electrons. The molecule has 1 aliphatic heterocycles. The number of pyridine rings is 1. The molecule has 0 amide bonds. The predicted molar refractivity (Wildman–Crippen MR) is 87.7 cm³/mol. The van der Waals surface area contributed by atoms with Gasteiger partial charge < -0.3 is 14.8 Å². The molecule has 0 unspecified atom stereocenters. The number of imidazole rings is 1. The number of hydrogen-bond acceptors (Lipinski definition) is 6. The van der Waals surface area contributed by atoms with Crippen molar-refractivity contribution < 1.29 is 4.92 Å². The van der Waals surface area contributed by atoms with Gasteiger partial charge in [-0.15, -0.1) is 0 Å². The Morgan fingerprint density at radius 1 is 1.30 bits per heavy atom. The fraction of sp³-hybridized carbons (Fsp3) is 0.467. The third kappa shape index (κ3) is 3.10. The van der Waals surface area contributed by atoms with Crippen LogP contribution in [0.25, 0.3) is 0 Å². The predicted octanol–water partition coefficient (Wildman–Crippen LogP) is 2.11. The van der Waals surface area contributed by atoms with E-state index in [4.69, 9.17) is 0 Å². The summed E-state index contributed by atoms with van der Waals surface area (Å²) in [5.74, 6) is 1.33. The molecule has 2 aromatic heterocycles. The van der Waals surface area contributed by atoms with Crippen molar-refractivity contribution in [3.05, 3.63) is 40.3 Å². The number of nitrogens with zero attached hydrogens (tertiary/aromatic N) is 5. The van der Waals surface area contributed by atoms with E-state index in [-0.39, 0.29) is 16.7 Å². The number of rotatable bonds is 4. The molecule has 8 heteroatoms. The van der Waals surface area contributed by atoms with Crippen LogP contribution in [-0.2, 0) is 7.05 Å². The van der Waals surface area contributed by atoms with E-state index in [0.717, 1.165) is 31.9 Å². The first-order valence-electron chi connectivity index (χ1n) is 7.65. The fourth-order valence-corrected chi connectivity index (χ4v) is 2.97. The number of piperidine rings is 1. The van der Waals surface area contributed by atoms with Gasteiger partial charge >= 0.3 is 5.69 Å². The first kappa shape index (κ1) is 15.3. The Morgan fingerprint density at radius 3 is 2.65 bits per heavy atom. The monoisotopic (exact) mass is 316 g/mol. The molecule has 1 aliphatic rings. The van der Waals surface area contributed by atoms with Gasteiger partial charge in [-0.1, -0.05) is 0 Å². The van der Waals surface area contributed by atoms with Crippen molar-refractivity contribution in [1.82, 2.24) is 14.5 Å². The molecule has 0 atom stereocenters. The molecule has 0 aliphatic carbocycles. The molecule has 1 fully saturated rings. The summed E-state index contributed by atoms with van der Waals surface area (Å²) in [6.45, 7) is 3.46. The maximum atomic E-state index is 11.2. The van der Waals surface area contributed by atoms with Crippen molar-refractivity contribution in [3.8, 4) is 0 Å². The molecule has 0 bridgehead atoms.